The Morgan fingerprint density at radius 3 is 2.44 bits per heavy atom. The van der Waals surface area contributed by atoms with E-state index in [0.29, 0.717) is 22.9 Å². The van der Waals surface area contributed by atoms with Gasteiger partial charge in [0, 0.05) is 16.1 Å². The number of amides is 2. The molecule has 1 atom stereocenters. The van der Waals surface area contributed by atoms with Crippen molar-refractivity contribution in [1.82, 2.24) is 10.7 Å². The van der Waals surface area contributed by atoms with Crippen molar-refractivity contribution in [2.24, 2.45) is 11.0 Å². The molecule has 0 aromatic heterocycles. The number of hydrogen-bond acceptors (Lipinski definition) is 4. The van der Waals surface area contributed by atoms with Gasteiger partial charge in [0.15, 0.2) is 0 Å². The molecule has 0 heterocycles. The third-order valence-corrected chi connectivity index (χ3v) is 5.95. The van der Waals surface area contributed by atoms with Gasteiger partial charge in [-0.15, -0.1) is 0 Å². The van der Waals surface area contributed by atoms with E-state index in [2.05, 4.69) is 31.8 Å². The van der Waals surface area contributed by atoms with E-state index >= 15 is 0 Å². The molecule has 3 aromatic rings. The molecule has 2 amide bonds. The topological polar surface area (TPSA) is 79.8 Å². The number of benzene rings is 3. The second kappa shape index (κ2) is 12.3. The van der Waals surface area contributed by atoms with Crippen molar-refractivity contribution < 1.29 is 14.3 Å². The first-order chi connectivity index (χ1) is 16.3. The van der Waals surface area contributed by atoms with Gasteiger partial charge in [0.25, 0.3) is 11.8 Å². The van der Waals surface area contributed by atoms with E-state index in [9.17, 15) is 9.59 Å². The molecule has 6 nitrogen and oxygen atoms in total. The first-order valence-electron chi connectivity index (χ1n) is 10.7. The number of hydrazone groups is 1. The zero-order valence-corrected chi connectivity index (χ0v) is 21.1. The van der Waals surface area contributed by atoms with E-state index in [1.807, 2.05) is 56.3 Å². The summed E-state index contributed by atoms with van der Waals surface area (Å²) in [7, 11) is 0. The molecule has 3 aromatic carbocycles. The fourth-order valence-electron chi connectivity index (χ4n) is 3.07. The Bertz CT molecular complexity index is 1170. The molecule has 0 aliphatic carbocycles. The van der Waals surface area contributed by atoms with Crippen molar-refractivity contribution >= 4 is 45.6 Å². The number of nitrogens with one attached hydrogen (secondary N) is 2. The van der Waals surface area contributed by atoms with E-state index in [4.69, 9.17) is 16.3 Å². The van der Waals surface area contributed by atoms with Crippen LogP contribution in [0.25, 0.3) is 0 Å². The van der Waals surface area contributed by atoms with Gasteiger partial charge in [0.2, 0.25) is 0 Å². The van der Waals surface area contributed by atoms with Crippen LogP contribution < -0.4 is 15.5 Å². The van der Waals surface area contributed by atoms with Gasteiger partial charge in [0.05, 0.1) is 10.7 Å². The fourth-order valence-corrected chi connectivity index (χ4v) is 3.78. The van der Waals surface area contributed by atoms with Gasteiger partial charge in [-0.25, -0.2) is 5.43 Å². The first kappa shape index (κ1) is 25.5. The third kappa shape index (κ3) is 7.17. The van der Waals surface area contributed by atoms with Crippen molar-refractivity contribution in [3.05, 3.63) is 99.0 Å². The second-order valence-electron chi connectivity index (χ2n) is 7.87. The molecule has 3 rings (SSSR count). The largest absolute Gasteiger partial charge is 0.488 e. The molecule has 0 aliphatic rings. The lowest BCUT2D eigenvalue weighted by Gasteiger charge is -2.20. The molecular formula is C26H25BrClN3O3. The van der Waals surface area contributed by atoms with Crippen LogP contribution in [0.3, 0.4) is 0 Å². The molecule has 0 spiro atoms. The lowest BCUT2D eigenvalue weighted by molar-refractivity contribution is -0.123. The second-order valence-corrected chi connectivity index (χ2v) is 9.13. The maximum Gasteiger partial charge on any atom is 0.262 e. The van der Waals surface area contributed by atoms with Gasteiger partial charge in [0.1, 0.15) is 18.4 Å². The average molecular weight is 543 g/mol. The Morgan fingerprint density at radius 2 is 1.76 bits per heavy atom. The molecule has 8 heteroatoms. The summed E-state index contributed by atoms with van der Waals surface area (Å²) in [5.74, 6) is -0.166. The van der Waals surface area contributed by atoms with Crippen LogP contribution in [-0.2, 0) is 11.4 Å². The van der Waals surface area contributed by atoms with Crippen LogP contribution in [0.4, 0.5) is 0 Å². The van der Waals surface area contributed by atoms with Crippen LogP contribution in [0.15, 0.2) is 82.4 Å². The Kier molecular flexibility index (Phi) is 9.24. The van der Waals surface area contributed by atoms with Crippen molar-refractivity contribution in [3.63, 3.8) is 0 Å². The monoisotopic (exact) mass is 541 g/mol. The summed E-state index contributed by atoms with van der Waals surface area (Å²) in [6.07, 6.45) is 1.52. The number of halogens is 2. The molecule has 1 unspecified atom stereocenters. The van der Waals surface area contributed by atoms with E-state index in [1.165, 1.54) is 6.21 Å². The normalized spacial score (nSPS) is 11.9. The predicted molar refractivity (Wildman–Crippen MR) is 138 cm³/mol. The number of hydrogen-bond donors (Lipinski definition) is 2. The van der Waals surface area contributed by atoms with E-state index in [-0.39, 0.29) is 11.8 Å². The van der Waals surface area contributed by atoms with Gasteiger partial charge >= 0.3 is 0 Å². The molecule has 0 bridgehead atoms. The van der Waals surface area contributed by atoms with Gasteiger partial charge in [-0.1, -0.05) is 61.8 Å². The van der Waals surface area contributed by atoms with E-state index in [1.54, 1.807) is 30.3 Å². The highest BCUT2D eigenvalue weighted by Crippen LogP contribution is 2.27. The summed E-state index contributed by atoms with van der Waals surface area (Å²) in [6, 6.07) is 21.0. The van der Waals surface area contributed by atoms with Crippen molar-refractivity contribution in [2.75, 3.05) is 0 Å². The molecule has 2 N–H and O–H groups in total. The van der Waals surface area contributed by atoms with Gasteiger partial charge in [-0.2, -0.15) is 5.10 Å². The Morgan fingerprint density at radius 1 is 1.06 bits per heavy atom. The Hall–Kier alpha value is -3.16. The quantitative estimate of drug-likeness (QED) is 0.273. The summed E-state index contributed by atoms with van der Waals surface area (Å²) in [6.45, 7) is 4.06. The standard InChI is InChI=1S/C26H25BrClN3O3/c1-17(2)24(30-25(32)19-8-4-3-5-9-19)26(33)31-29-15-18-12-13-23(21(27)14-18)34-16-20-10-6-7-11-22(20)28/h3-15,17,24H,16H2,1-2H3,(H,30,32)(H,31,33). The van der Waals surface area contributed by atoms with Crippen molar-refractivity contribution in [2.45, 2.75) is 26.5 Å². The summed E-state index contributed by atoms with van der Waals surface area (Å²) in [4.78, 5) is 25.1. The summed E-state index contributed by atoms with van der Waals surface area (Å²) in [5.41, 5.74) is 4.65. The van der Waals surface area contributed by atoms with Gasteiger partial charge < -0.3 is 10.1 Å². The molecule has 0 fully saturated rings. The van der Waals surface area contributed by atoms with Crippen molar-refractivity contribution in [1.29, 1.82) is 0 Å². The molecule has 0 aliphatic heterocycles. The first-order valence-corrected chi connectivity index (χ1v) is 11.9. The average Bonchev–Trinajstić information content (AvgIpc) is 2.83. The number of carbonyl (C=O) groups is 2. The summed E-state index contributed by atoms with van der Waals surface area (Å²) < 4.78 is 6.59. The van der Waals surface area contributed by atoms with E-state index < -0.39 is 11.9 Å². The van der Waals surface area contributed by atoms with Crippen LogP contribution >= 0.6 is 27.5 Å². The SMILES string of the molecule is CC(C)C(NC(=O)c1ccccc1)C(=O)NN=Cc1ccc(OCc2ccccc2Cl)c(Br)c1. The van der Waals surface area contributed by atoms with Crippen LogP contribution in [-0.4, -0.2) is 24.1 Å². The highest BCUT2D eigenvalue weighted by atomic mass is 79.9. The van der Waals surface area contributed by atoms with Crippen molar-refractivity contribution in [3.8, 4) is 5.75 Å². The lowest BCUT2D eigenvalue weighted by Crippen LogP contribution is -2.48. The maximum atomic E-state index is 12.6. The maximum absolute atomic E-state index is 12.6. The van der Waals surface area contributed by atoms with Crippen LogP contribution in [0.2, 0.25) is 5.02 Å². The predicted octanol–water partition coefficient (Wildman–Crippen LogP) is 5.59. The molecule has 0 saturated heterocycles. The zero-order valence-electron chi connectivity index (χ0n) is 18.8. The molecular weight excluding hydrogens is 518 g/mol. The minimum atomic E-state index is -0.725. The summed E-state index contributed by atoms with van der Waals surface area (Å²) in [5, 5.41) is 7.47. The third-order valence-electron chi connectivity index (χ3n) is 4.96. The molecule has 0 saturated carbocycles. The minimum absolute atomic E-state index is 0.119. The van der Waals surface area contributed by atoms with Crippen LogP contribution in [0, 0.1) is 5.92 Å². The highest BCUT2D eigenvalue weighted by Gasteiger charge is 2.24. The number of rotatable bonds is 9. The van der Waals surface area contributed by atoms with Crippen LogP contribution in [0.5, 0.6) is 5.75 Å². The Labute approximate surface area is 212 Å². The number of nitrogens with zero attached hydrogens (tertiary/aromatic N) is 1. The zero-order chi connectivity index (χ0) is 24.5. The Balaban J connectivity index is 1.57. The molecule has 0 radical (unpaired) electrons. The highest BCUT2D eigenvalue weighted by molar-refractivity contribution is 9.10. The minimum Gasteiger partial charge on any atom is -0.488 e. The number of ether oxygens (including phenoxy) is 1. The molecule has 176 valence electrons. The fraction of sp³-hybridized carbons (Fsp3) is 0.192. The van der Waals surface area contributed by atoms with Gasteiger partial charge in [-0.3, -0.25) is 9.59 Å². The lowest BCUT2D eigenvalue weighted by atomic mass is 10.0. The number of carbonyl (C=O) groups excluding carboxylic acids is 2. The van der Waals surface area contributed by atoms with Crippen LogP contribution in [0.1, 0.15) is 35.3 Å². The molecule has 34 heavy (non-hydrogen) atoms. The van der Waals surface area contributed by atoms with E-state index in [0.717, 1.165) is 15.6 Å². The smallest absolute Gasteiger partial charge is 0.262 e. The van der Waals surface area contributed by atoms with Gasteiger partial charge in [-0.05, 0) is 63.8 Å². The summed E-state index contributed by atoms with van der Waals surface area (Å²) >= 11 is 9.67.